The molecule has 126 valence electrons. The van der Waals surface area contributed by atoms with Gasteiger partial charge in [0.05, 0.1) is 11.4 Å². The summed E-state index contributed by atoms with van der Waals surface area (Å²) in [6.45, 7) is 0. The predicted molar refractivity (Wildman–Crippen MR) is 69.9 cm³/mol. The van der Waals surface area contributed by atoms with Crippen LogP contribution in [0.2, 0.25) is 0 Å². The van der Waals surface area contributed by atoms with E-state index in [2.05, 4.69) is 0 Å². The Morgan fingerprint density at radius 1 is 0.583 bits per heavy atom. The molecule has 0 unspecified atom stereocenters. The van der Waals surface area contributed by atoms with Crippen LogP contribution in [0.1, 0.15) is 0 Å². The van der Waals surface area contributed by atoms with Crippen molar-refractivity contribution >= 4 is 23.2 Å². The SMILES string of the molecule is O=C(Nc1ccc(F)c(F)c1F)C(=O)Nc1ccc(F)c(F)c1F. The van der Waals surface area contributed by atoms with Gasteiger partial charge in [-0.25, -0.2) is 26.3 Å². The molecule has 2 N–H and O–H groups in total. The molecule has 0 bridgehead atoms. The minimum Gasteiger partial charge on any atom is -0.315 e. The van der Waals surface area contributed by atoms with Gasteiger partial charge in [-0.3, -0.25) is 9.59 Å². The molecule has 24 heavy (non-hydrogen) atoms. The fourth-order valence-electron chi connectivity index (χ4n) is 1.60. The van der Waals surface area contributed by atoms with Gasteiger partial charge in [0.1, 0.15) is 0 Å². The molecule has 0 fully saturated rings. The first kappa shape index (κ1) is 17.3. The first-order valence-electron chi connectivity index (χ1n) is 6.11. The molecule has 2 aromatic rings. The van der Waals surface area contributed by atoms with Crippen molar-refractivity contribution < 1.29 is 35.9 Å². The van der Waals surface area contributed by atoms with Crippen LogP contribution in [0, 0.1) is 34.9 Å². The molecule has 10 heteroatoms. The minimum atomic E-state index is -1.88. The Morgan fingerprint density at radius 2 is 0.917 bits per heavy atom. The molecule has 0 spiro atoms. The van der Waals surface area contributed by atoms with Gasteiger partial charge in [-0.05, 0) is 24.3 Å². The second-order valence-electron chi connectivity index (χ2n) is 4.35. The summed E-state index contributed by atoms with van der Waals surface area (Å²) in [7, 11) is 0. The van der Waals surface area contributed by atoms with Gasteiger partial charge in [-0.1, -0.05) is 0 Å². The van der Waals surface area contributed by atoms with Crippen molar-refractivity contribution in [1.29, 1.82) is 0 Å². The normalized spacial score (nSPS) is 10.4. The lowest BCUT2D eigenvalue weighted by atomic mass is 10.2. The number of rotatable bonds is 2. The first-order chi connectivity index (χ1) is 11.2. The Kier molecular flexibility index (Phi) is 4.77. The summed E-state index contributed by atoms with van der Waals surface area (Å²) in [5, 5.41) is 3.24. The van der Waals surface area contributed by atoms with Crippen LogP contribution in [0.5, 0.6) is 0 Å². The zero-order valence-corrected chi connectivity index (χ0v) is 11.4. The average molecular weight is 348 g/mol. The second-order valence-corrected chi connectivity index (χ2v) is 4.35. The van der Waals surface area contributed by atoms with Crippen molar-refractivity contribution in [1.82, 2.24) is 0 Å². The molecule has 0 aromatic heterocycles. The van der Waals surface area contributed by atoms with E-state index in [1.807, 2.05) is 0 Å². The molecule has 0 aliphatic rings. The summed E-state index contributed by atoms with van der Waals surface area (Å²) in [4.78, 5) is 23.1. The topological polar surface area (TPSA) is 58.2 Å². The van der Waals surface area contributed by atoms with Gasteiger partial charge < -0.3 is 10.6 Å². The van der Waals surface area contributed by atoms with E-state index in [1.165, 1.54) is 0 Å². The van der Waals surface area contributed by atoms with Crippen LogP contribution in [-0.2, 0) is 9.59 Å². The lowest BCUT2D eigenvalue weighted by molar-refractivity contribution is -0.133. The number of halogens is 6. The van der Waals surface area contributed by atoms with Gasteiger partial charge >= 0.3 is 11.8 Å². The van der Waals surface area contributed by atoms with Gasteiger partial charge in [0.25, 0.3) is 0 Å². The van der Waals surface area contributed by atoms with Gasteiger partial charge in [0.2, 0.25) is 0 Å². The Hall–Kier alpha value is -3.04. The zero-order valence-electron chi connectivity index (χ0n) is 11.4. The third kappa shape index (κ3) is 3.31. The van der Waals surface area contributed by atoms with Crippen LogP contribution < -0.4 is 10.6 Å². The van der Waals surface area contributed by atoms with Crippen LogP contribution in [-0.4, -0.2) is 11.8 Å². The molecular formula is C14H6F6N2O2. The van der Waals surface area contributed by atoms with Gasteiger partial charge in [0, 0.05) is 0 Å². The van der Waals surface area contributed by atoms with Crippen molar-refractivity contribution in [3.05, 3.63) is 59.2 Å². The maximum Gasteiger partial charge on any atom is 0.314 e. The Morgan fingerprint density at radius 3 is 1.25 bits per heavy atom. The number of nitrogens with one attached hydrogen (secondary N) is 2. The maximum atomic E-state index is 13.4. The highest BCUT2D eigenvalue weighted by molar-refractivity contribution is 6.43. The maximum absolute atomic E-state index is 13.4. The summed E-state index contributed by atoms with van der Waals surface area (Å²) in [6, 6.07) is 2.30. The molecule has 4 nitrogen and oxygen atoms in total. The fraction of sp³-hybridized carbons (Fsp3) is 0. The van der Waals surface area contributed by atoms with Crippen LogP contribution >= 0.6 is 0 Å². The monoisotopic (exact) mass is 348 g/mol. The quantitative estimate of drug-likeness (QED) is 0.498. The number of carbonyl (C=O) groups is 2. The highest BCUT2D eigenvalue weighted by Crippen LogP contribution is 2.21. The molecular weight excluding hydrogens is 342 g/mol. The molecule has 2 amide bonds. The molecule has 2 rings (SSSR count). The molecule has 0 radical (unpaired) electrons. The lowest BCUT2D eigenvalue weighted by Gasteiger charge is -2.09. The van der Waals surface area contributed by atoms with E-state index in [-0.39, 0.29) is 0 Å². The van der Waals surface area contributed by atoms with Crippen molar-refractivity contribution in [2.75, 3.05) is 10.6 Å². The minimum absolute atomic E-state index is 0.501. The first-order valence-corrected chi connectivity index (χ1v) is 6.11. The fourth-order valence-corrected chi connectivity index (χ4v) is 1.60. The van der Waals surface area contributed by atoms with E-state index in [4.69, 9.17) is 0 Å². The lowest BCUT2D eigenvalue weighted by Crippen LogP contribution is -2.30. The third-order valence-corrected chi connectivity index (χ3v) is 2.77. The molecule has 2 aromatic carbocycles. The molecule has 0 saturated heterocycles. The van der Waals surface area contributed by atoms with Crippen molar-refractivity contribution in [3.8, 4) is 0 Å². The van der Waals surface area contributed by atoms with E-state index < -0.39 is 58.1 Å². The summed E-state index contributed by atoms with van der Waals surface area (Å²) < 4.78 is 78.2. The zero-order chi connectivity index (χ0) is 18.0. The molecule has 0 aliphatic heterocycles. The number of anilines is 2. The summed E-state index contributed by atoms with van der Waals surface area (Å²) in [5.74, 6) is -13.4. The highest BCUT2D eigenvalue weighted by Gasteiger charge is 2.21. The van der Waals surface area contributed by atoms with Gasteiger partial charge in [0.15, 0.2) is 34.9 Å². The summed E-state index contributed by atoms with van der Waals surface area (Å²) in [5.41, 5.74) is -1.69. The third-order valence-electron chi connectivity index (χ3n) is 2.77. The average Bonchev–Trinajstić information content (AvgIpc) is 2.55. The largest absolute Gasteiger partial charge is 0.315 e. The van der Waals surface area contributed by atoms with Crippen LogP contribution in [0.3, 0.4) is 0 Å². The predicted octanol–water partition coefficient (Wildman–Crippen LogP) is 3.10. The van der Waals surface area contributed by atoms with E-state index in [1.54, 1.807) is 10.6 Å². The van der Waals surface area contributed by atoms with Gasteiger partial charge in [-0.2, -0.15) is 0 Å². The molecule has 0 heterocycles. The van der Waals surface area contributed by atoms with E-state index >= 15 is 0 Å². The number of carbonyl (C=O) groups excluding carboxylic acids is 2. The number of benzene rings is 2. The summed E-state index contributed by atoms with van der Waals surface area (Å²) >= 11 is 0. The van der Waals surface area contributed by atoms with Crippen LogP contribution in [0.15, 0.2) is 24.3 Å². The van der Waals surface area contributed by atoms with Crippen LogP contribution in [0.4, 0.5) is 37.7 Å². The molecule has 0 saturated carbocycles. The molecule has 0 aliphatic carbocycles. The van der Waals surface area contributed by atoms with E-state index in [9.17, 15) is 35.9 Å². The van der Waals surface area contributed by atoms with Crippen molar-refractivity contribution in [2.24, 2.45) is 0 Å². The number of hydrogen-bond acceptors (Lipinski definition) is 2. The van der Waals surface area contributed by atoms with E-state index in [0.29, 0.717) is 24.3 Å². The Balaban J connectivity index is 2.15. The number of amides is 2. The molecule has 0 atom stereocenters. The number of hydrogen-bond donors (Lipinski definition) is 2. The standard InChI is InChI=1S/C14H6F6N2O2/c15-5-1-3-7(11(19)9(5)17)21-13(23)14(24)22-8-4-2-6(16)10(18)12(8)20/h1-4H,(H,21,23)(H,22,24). The Labute approximate surface area is 130 Å². The Bertz CT molecular complexity index is 771. The summed E-state index contributed by atoms with van der Waals surface area (Å²) in [6.07, 6.45) is 0. The van der Waals surface area contributed by atoms with Gasteiger partial charge in [-0.15, -0.1) is 0 Å². The van der Waals surface area contributed by atoms with Crippen molar-refractivity contribution in [3.63, 3.8) is 0 Å². The van der Waals surface area contributed by atoms with Crippen LogP contribution in [0.25, 0.3) is 0 Å². The smallest absolute Gasteiger partial charge is 0.314 e. The van der Waals surface area contributed by atoms with Crippen molar-refractivity contribution in [2.45, 2.75) is 0 Å². The highest BCUT2D eigenvalue weighted by atomic mass is 19.2. The van der Waals surface area contributed by atoms with E-state index in [0.717, 1.165) is 0 Å². The second kappa shape index (κ2) is 6.60.